The van der Waals surface area contributed by atoms with E-state index >= 15 is 4.39 Å². The molecule has 4 atom stereocenters. The van der Waals surface area contributed by atoms with Gasteiger partial charge < -0.3 is 10.1 Å². The van der Waals surface area contributed by atoms with Crippen molar-refractivity contribution in [1.82, 2.24) is 5.32 Å². The predicted molar refractivity (Wildman–Crippen MR) is 99.1 cm³/mol. The molecule has 26 heavy (non-hydrogen) atoms. The van der Waals surface area contributed by atoms with Crippen molar-refractivity contribution < 1.29 is 14.0 Å². The Kier molecular flexibility index (Phi) is 4.58. The van der Waals surface area contributed by atoms with Crippen LogP contribution in [0, 0.1) is 17.3 Å². The molecule has 0 aromatic heterocycles. The number of rotatable bonds is 6. The summed E-state index contributed by atoms with van der Waals surface area (Å²) in [6, 6.07) is 5.31. The molecule has 5 heteroatoms. The molecule has 2 unspecified atom stereocenters. The number of halogens is 2. The maximum atomic E-state index is 15.0. The average molecular weight is 378 g/mol. The van der Waals surface area contributed by atoms with E-state index in [0.717, 1.165) is 31.1 Å². The molecule has 1 N–H and O–H groups in total. The van der Waals surface area contributed by atoms with Crippen LogP contribution in [-0.2, 0) is 11.2 Å². The largest absolute Gasteiger partial charge is 0.351 e. The lowest BCUT2D eigenvalue weighted by Crippen LogP contribution is -2.57. The summed E-state index contributed by atoms with van der Waals surface area (Å²) in [6.45, 7) is 0.527. The summed E-state index contributed by atoms with van der Waals surface area (Å²) in [7, 11) is 0. The molecule has 0 heterocycles. The maximum absolute atomic E-state index is 15.0. The highest BCUT2D eigenvalue weighted by atomic mass is 35.5. The second kappa shape index (κ2) is 6.63. The number of hydrogen-bond donors (Lipinski definition) is 1. The molecule has 0 radical (unpaired) electrons. The van der Waals surface area contributed by atoms with Crippen molar-refractivity contribution in [3.8, 4) is 0 Å². The Morgan fingerprint density at radius 1 is 1.27 bits per heavy atom. The van der Waals surface area contributed by atoms with Crippen LogP contribution in [0.25, 0.3) is 0 Å². The Bertz CT molecular complexity index is 721. The van der Waals surface area contributed by atoms with E-state index in [1.165, 1.54) is 0 Å². The van der Waals surface area contributed by atoms with Crippen molar-refractivity contribution in [3.63, 3.8) is 0 Å². The first-order valence-electron chi connectivity index (χ1n) is 9.60. The third-order valence-corrected chi connectivity index (χ3v) is 6.89. The number of amides is 1. The summed E-state index contributed by atoms with van der Waals surface area (Å²) in [6.07, 6.45) is 7.12. The van der Waals surface area contributed by atoms with Crippen LogP contribution in [-0.4, -0.2) is 24.4 Å². The van der Waals surface area contributed by atoms with Crippen LogP contribution < -0.4 is 5.32 Å². The van der Waals surface area contributed by atoms with Gasteiger partial charge in [-0.3, -0.25) is 4.79 Å². The summed E-state index contributed by atoms with van der Waals surface area (Å²) >= 11 is 6.21. The summed E-state index contributed by atoms with van der Waals surface area (Å²) in [5.41, 5.74) is 0.260. The topological polar surface area (TPSA) is 46.2 Å². The van der Waals surface area contributed by atoms with Gasteiger partial charge in [0, 0.05) is 13.0 Å². The van der Waals surface area contributed by atoms with E-state index in [0.29, 0.717) is 61.1 Å². The molecule has 1 amide bonds. The highest BCUT2D eigenvalue weighted by Crippen LogP contribution is 2.62. The van der Waals surface area contributed by atoms with Gasteiger partial charge in [0.15, 0.2) is 0 Å². The van der Waals surface area contributed by atoms with E-state index in [-0.39, 0.29) is 11.3 Å². The quantitative estimate of drug-likeness (QED) is 0.741. The molecule has 1 aromatic carbocycles. The smallest absolute Gasteiger partial charge is 0.252 e. The summed E-state index contributed by atoms with van der Waals surface area (Å²) in [5.74, 6) is 0.758. The summed E-state index contributed by atoms with van der Waals surface area (Å²) in [5, 5.41) is 3.45. The first kappa shape index (κ1) is 18.0. The van der Waals surface area contributed by atoms with Crippen LogP contribution in [0.3, 0.4) is 0 Å². The maximum Gasteiger partial charge on any atom is 0.252 e. The Morgan fingerprint density at radius 3 is 2.65 bits per heavy atom. The minimum absolute atomic E-state index is 0.0872. The van der Waals surface area contributed by atoms with Gasteiger partial charge in [-0.05, 0) is 79.9 Å². The number of aryl methyl sites for hydroxylation is 1. The van der Waals surface area contributed by atoms with Crippen molar-refractivity contribution >= 4 is 23.8 Å². The summed E-state index contributed by atoms with van der Waals surface area (Å²) in [4.78, 5) is 23.3. The van der Waals surface area contributed by atoms with E-state index < -0.39 is 5.67 Å². The zero-order chi connectivity index (χ0) is 18.4. The van der Waals surface area contributed by atoms with Crippen molar-refractivity contribution in [1.29, 1.82) is 0 Å². The van der Waals surface area contributed by atoms with Gasteiger partial charge in [-0.25, -0.2) is 4.39 Å². The number of benzene rings is 1. The molecule has 140 valence electrons. The predicted octanol–water partition coefficient (Wildman–Crippen LogP) is 4.51. The second-order valence-corrected chi connectivity index (χ2v) is 9.22. The van der Waals surface area contributed by atoms with Gasteiger partial charge in [-0.15, -0.1) is 0 Å². The summed E-state index contributed by atoms with van der Waals surface area (Å²) < 4.78 is 15.0. The lowest BCUT2D eigenvalue weighted by Gasteiger charge is -2.59. The number of nitrogens with one attached hydrogen (secondary N) is 1. The standard InChI is InChI=1S/C21H25ClFNO2/c22-18-4-3-14(2-1-5-25)7-17(18)19(26)24-13-20-8-15-6-16(9-20)11-21(23,10-15)12-20/h3-5,7,15-16H,1-2,6,8-13H2,(H,24,26)/t15-,16+,20?,21?. The third-order valence-electron chi connectivity index (χ3n) is 6.56. The Hall–Kier alpha value is -1.42. The zero-order valence-electron chi connectivity index (χ0n) is 14.9. The van der Waals surface area contributed by atoms with Gasteiger partial charge in [0.1, 0.15) is 12.0 Å². The fraction of sp³-hybridized carbons (Fsp3) is 0.619. The van der Waals surface area contributed by atoms with Gasteiger partial charge in [0.2, 0.25) is 0 Å². The monoisotopic (exact) mass is 377 g/mol. The van der Waals surface area contributed by atoms with Crippen LogP contribution in [0.1, 0.15) is 60.9 Å². The van der Waals surface area contributed by atoms with E-state index in [9.17, 15) is 9.59 Å². The number of alkyl halides is 1. The lowest BCUT2D eigenvalue weighted by molar-refractivity contribution is -0.121. The van der Waals surface area contributed by atoms with Crippen LogP contribution in [0.15, 0.2) is 18.2 Å². The van der Waals surface area contributed by atoms with E-state index in [4.69, 9.17) is 11.6 Å². The van der Waals surface area contributed by atoms with E-state index in [1.54, 1.807) is 12.1 Å². The molecule has 0 spiro atoms. The molecule has 4 aliphatic carbocycles. The average Bonchev–Trinajstić information content (AvgIpc) is 2.57. The van der Waals surface area contributed by atoms with Crippen LogP contribution in [0.5, 0.6) is 0 Å². The van der Waals surface area contributed by atoms with Crippen molar-refractivity contribution in [2.75, 3.05) is 6.54 Å². The Morgan fingerprint density at radius 2 is 2.00 bits per heavy atom. The molecular formula is C21H25ClFNO2. The molecule has 4 fully saturated rings. The fourth-order valence-electron chi connectivity index (χ4n) is 6.03. The van der Waals surface area contributed by atoms with E-state index in [2.05, 4.69) is 5.32 Å². The van der Waals surface area contributed by atoms with Gasteiger partial charge in [-0.1, -0.05) is 17.7 Å². The number of carbonyl (C=O) groups is 2. The van der Waals surface area contributed by atoms with Crippen molar-refractivity contribution in [2.24, 2.45) is 17.3 Å². The van der Waals surface area contributed by atoms with Gasteiger partial charge >= 0.3 is 0 Å². The van der Waals surface area contributed by atoms with E-state index in [1.807, 2.05) is 6.07 Å². The number of hydrogen-bond acceptors (Lipinski definition) is 2. The SMILES string of the molecule is O=CCCc1ccc(Cl)c(C(=O)NCC23C[C@@H]4C[C@@H](CC(F)(C4)C2)C3)c1. The van der Waals surface area contributed by atoms with Crippen molar-refractivity contribution in [3.05, 3.63) is 34.3 Å². The second-order valence-electron chi connectivity index (χ2n) is 8.81. The molecule has 5 rings (SSSR count). The van der Waals surface area contributed by atoms with Crippen LogP contribution >= 0.6 is 11.6 Å². The Labute approximate surface area is 158 Å². The molecule has 0 saturated heterocycles. The Balaban J connectivity index is 1.45. The molecule has 4 aliphatic rings. The zero-order valence-corrected chi connectivity index (χ0v) is 15.7. The minimum atomic E-state index is -1.01. The van der Waals surface area contributed by atoms with Gasteiger partial charge in [-0.2, -0.15) is 0 Å². The molecule has 4 bridgehead atoms. The molecule has 4 saturated carbocycles. The first-order chi connectivity index (χ1) is 12.4. The lowest BCUT2D eigenvalue weighted by atomic mass is 9.48. The van der Waals surface area contributed by atoms with Crippen LogP contribution in [0.4, 0.5) is 4.39 Å². The van der Waals surface area contributed by atoms with Crippen LogP contribution in [0.2, 0.25) is 5.02 Å². The fourth-order valence-corrected chi connectivity index (χ4v) is 6.24. The van der Waals surface area contributed by atoms with Crippen molar-refractivity contribution in [2.45, 2.75) is 57.0 Å². The highest BCUT2D eigenvalue weighted by molar-refractivity contribution is 6.33. The normalized spacial score (nSPS) is 34.7. The minimum Gasteiger partial charge on any atom is -0.351 e. The molecule has 3 nitrogen and oxygen atoms in total. The molecular weight excluding hydrogens is 353 g/mol. The highest BCUT2D eigenvalue weighted by Gasteiger charge is 2.58. The molecule has 0 aliphatic heterocycles. The van der Waals surface area contributed by atoms with Gasteiger partial charge in [0.25, 0.3) is 5.91 Å². The first-order valence-corrected chi connectivity index (χ1v) is 9.97. The van der Waals surface area contributed by atoms with Gasteiger partial charge in [0.05, 0.1) is 10.6 Å². The number of aldehydes is 1. The number of carbonyl (C=O) groups excluding carboxylic acids is 2. The molecule has 1 aromatic rings. The third kappa shape index (κ3) is 3.40.